The second-order valence-corrected chi connectivity index (χ2v) is 8.37. The van der Waals surface area contributed by atoms with Gasteiger partial charge in [0.1, 0.15) is 0 Å². The fraction of sp³-hybridized carbons (Fsp3) is 0.591. The van der Waals surface area contributed by atoms with E-state index in [9.17, 15) is 0 Å². The average molecular weight is 352 g/mol. The van der Waals surface area contributed by atoms with Gasteiger partial charge in [0, 0.05) is 38.0 Å². The Hall–Kier alpha value is -1.49. The molecule has 2 saturated heterocycles. The summed E-state index contributed by atoms with van der Waals surface area (Å²) in [6.07, 6.45) is 6.35. The van der Waals surface area contributed by atoms with Crippen molar-refractivity contribution in [3.05, 3.63) is 42.1 Å². The summed E-state index contributed by atoms with van der Waals surface area (Å²) < 4.78 is 12.3. The number of ether oxygens (including phenoxy) is 2. The number of likely N-dealkylation sites (tertiary alicyclic amines) is 1. The number of fused-ring (bicyclic) bond motifs is 1. The van der Waals surface area contributed by atoms with Crippen LogP contribution in [0.1, 0.15) is 37.8 Å². The zero-order valence-corrected chi connectivity index (χ0v) is 15.4. The minimum absolute atomic E-state index is 0.0710. The first-order chi connectivity index (χ1) is 12.8. The van der Waals surface area contributed by atoms with Crippen molar-refractivity contribution >= 4 is 10.9 Å². The van der Waals surface area contributed by atoms with Crippen LogP contribution in [0.15, 0.2) is 36.4 Å². The highest BCUT2D eigenvalue weighted by molar-refractivity contribution is 5.78. The van der Waals surface area contributed by atoms with Crippen molar-refractivity contribution in [2.45, 2.75) is 50.4 Å². The lowest BCUT2D eigenvalue weighted by atomic mass is 9.88. The molecule has 3 fully saturated rings. The first-order valence-corrected chi connectivity index (χ1v) is 10.1. The molecule has 1 aromatic carbocycles. The monoisotopic (exact) mass is 352 g/mol. The number of benzene rings is 1. The van der Waals surface area contributed by atoms with Gasteiger partial charge < -0.3 is 9.47 Å². The minimum atomic E-state index is 0.0710. The van der Waals surface area contributed by atoms with Gasteiger partial charge in [-0.1, -0.05) is 24.3 Å². The number of nitrogens with zero attached hydrogens (tertiary/aromatic N) is 2. The Balaban J connectivity index is 1.15. The number of hydrogen-bond acceptors (Lipinski definition) is 4. The minimum Gasteiger partial charge on any atom is -0.375 e. The number of para-hydroxylation sites is 1. The summed E-state index contributed by atoms with van der Waals surface area (Å²) in [5.74, 6) is 0.836. The third-order valence-corrected chi connectivity index (χ3v) is 6.25. The number of aromatic nitrogens is 1. The van der Waals surface area contributed by atoms with Crippen LogP contribution < -0.4 is 0 Å². The van der Waals surface area contributed by atoms with Crippen LogP contribution in [0.5, 0.6) is 0 Å². The lowest BCUT2D eigenvalue weighted by Crippen LogP contribution is -2.44. The number of pyridine rings is 1. The van der Waals surface area contributed by atoms with Gasteiger partial charge in [-0.3, -0.25) is 9.88 Å². The molecule has 138 valence electrons. The molecule has 2 aromatic rings. The summed E-state index contributed by atoms with van der Waals surface area (Å²) in [4.78, 5) is 7.34. The lowest BCUT2D eigenvalue weighted by Gasteiger charge is -2.38. The van der Waals surface area contributed by atoms with Gasteiger partial charge in [0.2, 0.25) is 0 Å². The van der Waals surface area contributed by atoms with Crippen LogP contribution in [0.2, 0.25) is 0 Å². The van der Waals surface area contributed by atoms with Crippen LogP contribution in [-0.2, 0) is 16.0 Å². The molecule has 1 aliphatic carbocycles. The predicted octanol–water partition coefficient (Wildman–Crippen LogP) is 3.78. The highest BCUT2D eigenvalue weighted by atomic mass is 16.6. The maximum Gasteiger partial charge on any atom is 0.0836 e. The largest absolute Gasteiger partial charge is 0.375 e. The summed E-state index contributed by atoms with van der Waals surface area (Å²) >= 11 is 0. The van der Waals surface area contributed by atoms with Crippen molar-refractivity contribution in [2.75, 3.05) is 26.3 Å². The molecule has 3 aliphatic rings. The van der Waals surface area contributed by atoms with Crippen molar-refractivity contribution < 1.29 is 9.47 Å². The van der Waals surface area contributed by atoms with Gasteiger partial charge in [-0.05, 0) is 43.7 Å². The Morgan fingerprint density at radius 3 is 2.81 bits per heavy atom. The van der Waals surface area contributed by atoms with Crippen LogP contribution in [0.25, 0.3) is 10.9 Å². The standard InChI is InChI=1S/C22H28N2O2/c1-2-4-21-18(3-1)7-8-19(23-21)14-24-11-9-22(10-12-24)13-20(16-26-22)25-15-17-5-6-17/h1-4,7-8,17,20H,5-6,9-16H2/t20-/m0/s1. The van der Waals surface area contributed by atoms with Crippen LogP contribution >= 0.6 is 0 Å². The molecule has 1 aromatic heterocycles. The number of hydrogen-bond donors (Lipinski definition) is 0. The van der Waals surface area contributed by atoms with E-state index in [1.807, 2.05) is 0 Å². The summed E-state index contributed by atoms with van der Waals surface area (Å²) in [5.41, 5.74) is 2.33. The quantitative estimate of drug-likeness (QED) is 0.820. The summed E-state index contributed by atoms with van der Waals surface area (Å²) in [5, 5.41) is 1.21. The molecule has 26 heavy (non-hydrogen) atoms. The highest BCUT2D eigenvalue weighted by Gasteiger charge is 2.43. The van der Waals surface area contributed by atoms with Crippen molar-refractivity contribution in [2.24, 2.45) is 5.92 Å². The van der Waals surface area contributed by atoms with Gasteiger partial charge in [-0.15, -0.1) is 0 Å². The smallest absolute Gasteiger partial charge is 0.0836 e. The third-order valence-electron chi connectivity index (χ3n) is 6.25. The van der Waals surface area contributed by atoms with Gasteiger partial charge in [-0.25, -0.2) is 0 Å². The van der Waals surface area contributed by atoms with Crippen LogP contribution in [-0.4, -0.2) is 47.9 Å². The Labute approximate surface area is 155 Å². The molecule has 0 N–H and O–H groups in total. The zero-order valence-electron chi connectivity index (χ0n) is 15.4. The van der Waals surface area contributed by atoms with Crippen molar-refractivity contribution in [3.8, 4) is 0 Å². The summed E-state index contributed by atoms with van der Waals surface area (Å²) in [6, 6.07) is 12.7. The molecule has 0 bridgehead atoms. The van der Waals surface area contributed by atoms with Crippen molar-refractivity contribution in [1.29, 1.82) is 0 Å². The van der Waals surface area contributed by atoms with E-state index in [4.69, 9.17) is 14.5 Å². The van der Waals surface area contributed by atoms with E-state index in [0.29, 0.717) is 6.10 Å². The van der Waals surface area contributed by atoms with Gasteiger partial charge in [-0.2, -0.15) is 0 Å². The van der Waals surface area contributed by atoms with Crippen LogP contribution in [0.3, 0.4) is 0 Å². The maximum absolute atomic E-state index is 6.24. The fourth-order valence-electron chi connectivity index (χ4n) is 4.36. The van der Waals surface area contributed by atoms with Gasteiger partial charge in [0.25, 0.3) is 0 Å². The molecular formula is C22H28N2O2. The summed E-state index contributed by atoms with van der Waals surface area (Å²) in [7, 11) is 0. The highest BCUT2D eigenvalue weighted by Crippen LogP contribution is 2.38. The molecule has 1 spiro atoms. The fourth-order valence-corrected chi connectivity index (χ4v) is 4.36. The lowest BCUT2D eigenvalue weighted by molar-refractivity contribution is -0.0468. The zero-order chi connectivity index (χ0) is 17.4. The molecular weight excluding hydrogens is 324 g/mol. The molecule has 4 nitrogen and oxygen atoms in total. The molecule has 1 saturated carbocycles. The third kappa shape index (κ3) is 3.64. The average Bonchev–Trinajstić information content (AvgIpc) is 3.43. The molecule has 3 heterocycles. The Morgan fingerprint density at radius 1 is 1.12 bits per heavy atom. The van der Waals surface area contributed by atoms with Gasteiger partial charge in [0.05, 0.1) is 29.5 Å². The molecule has 1 atom stereocenters. The van der Waals surface area contributed by atoms with E-state index in [0.717, 1.165) is 69.2 Å². The Bertz CT molecular complexity index is 766. The molecule has 2 aliphatic heterocycles. The van der Waals surface area contributed by atoms with Crippen LogP contribution in [0, 0.1) is 5.92 Å². The predicted molar refractivity (Wildman–Crippen MR) is 102 cm³/mol. The van der Waals surface area contributed by atoms with E-state index in [1.165, 1.54) is 18.2 Å². The summed E-state index contributed by atoms with van der Waals surface area (Å²) in [6.45, 7) is 4.85. The van der Waals surface area contributed by atoms with E-state index in [-0.39, 0.29) is 5.60 Å². The van der Waals surface area contributed by atoms with E-state index >= 15 is 0 Å². The second-order valence-electron chi connectivity index (χ2n) is 8.37. The van der Waals surface area contributed by atoms with Crippen LogP contribution in [0.4, 0.5) is 0 Å². The second kappa shape index (κ2) is 6.91. The van der Waals surface area contributed by atoms with Crippen molar-refractivity contribution in [1.82, 2.24) is 9.88 Å². The molecule has 0 unspecified atom stereocenters. The maximum atomic E-state index is 6.24. The van der Waals surface area contributed by atoms with E-state index in [1.54, 1.807) is 0 Å². The van der Waals surface area contributed by atoms with Crippen molar-refractivity contribution in [3.63, 3.8) is 0 Å². The Kier molecular flexibility index (Phi) is 4.43. The molecule has 0 amide bonds. The Morgan fingerprint density at radius 2 is 1.96 bits per heavy atom. The topological polar surface area (TPSA) is 34.6 Å². The van der Waals surface area contributed by atoms with E-state index < -0.39 is 0 Å². The van der Waals surface area contributed by atoms with E-state index in [2.05, 4.69) is 41.3 Å². The molecule has 0 radical (unpaired) electrons. The number of rotatable bonds is 5. The number of piperidine rings is 1. The molecule has 4 heteroatoms. The first-order valence-electron chi connectivity index (χ1n) is 10.1. The van der Waals surface area contributed by atoms with Gasteiger partial charge in [0.15, 0.2) is 0 Å². The normalized spacial score (nSPS) is 25.9. The van der Waals surface area contributed by atoms with Gasteiger partial charge >= 0.3 is 0 Å². The SMILES string of the molecule is c1ccc2nc(CN3CCC4(CC3)C[C@H](OCC3CC3)CO4)ccc2c1. The first kappa shape index (κ1) is 16.7. The molecule has 5 rings (SSSR count).